The molecule has 5 fully saturated rings. The van der Waals surface area contributed by atoms with Crippen LogP contribution in [-0.2, 0) is 20.3 Å². The molecule has 4 bridgehead atoms. The van der Waals surface area contributed by atoms with Crippen molar-refractivity contribution in [1.29, 1.82) is 0 Å². The van der Waals surface area contributed by atoms with Gasteiger partial charge in [-0.1, -0.05) is 12.1 Å². The fourth-order valence-corrected chi connectivity index (χ4v) is 5.91. The van der Waals surface area contributed by atoms with E-state index in [4.69, 9.17) is 18.6 Å². The largest absolute Gasteiger partial charge is 0.508 e. The molecule has 118 valence electrons. The van der Waals surface area contributed by atoms with Gasteiger partial charge < -0.3 is 9.84 Å². The van der Waals surface area contributed by atoms with Crippen LogP contribution < -0.4 is 0 Å². The van der Waals surface area contributed by atoms with Crippen LogP contribution in [0.2, 0.25) is 0 Å². The molecular formula is C18H22O4. The second-order valence-corrected chi connectivity index (χ2v) is 7.53. The quantitative estimate of drug-likeness (QED) is 0.851. The third-order valence-electron chi connectivity index (χ3n) is 6.53. The van der Waals surface area contributed by atoms with Gasteiger partial charge in [-0.05, 0) is 67.9 Å². The molecule has 4 heteroatoms. The molecule has 1 saturated heterocycles. The van der Waals surface area contributed by atoms with Crippen LogP contribution in [-0.4, -0.2) is 17.7 Å². The van der Waals surface area contributed by atoms with Crippen LogP contribution in [0.4, 0.5) is 0 Å². The molecular weight excluding hydrogens is 280 g/mol. The van der Waals surface area contributed by atoms with Crippen LogP contribution in [0, 0.1) is 23.7 Å². The summed E-state index contributed by atoms with van der Waals surface area (Å²) in [4.78, 5) is 11.3. The lowest BCUT2D eigenvalue weighted by Gasteiger charge is -2.68. The Morgan fingerprint density at radius 3 is 2.41 bits per heavy atom. The van der Waals surface area contributed by atoms with E-state index in [1.54, 1.807) is 18.2 Å². The minimum atomic E-state index is -2.63. The van der Waals surface area contributed by atoms with E-state index < -0.39 is 18.4 Å². The molecule has 4 aliphatic carbocycles. The third-order valence-corrected chi connectivity index (χ3v) is 6.53. The van der Waals surface area contributed by atoms with E-state index >= 15 is 0 Å². The lowest BCUT2D eigenvalue weighted by atomic mass is 9.47. The Labute approximate surface area is 134 Å². The number of hydrogen-bond donors (Lipinski definition) is 1. The van der Waals surface area contributed by atoms with Crippen LogP contribution in [0.5, 0.6) is 5.75 Å². The van der Waals surface area contributed by atoms with E-state index in [1.807, 2.05) is 0 Å². The maximum atomic E-state index is 9.94. The first-order valence-electron chi connectivity index (χ1n) is 9.69. The Balaban J connectivity index is 1.64. The smallest absolute Gasteiger partial charge is 0.260 e. The minimum absolute atomic E-state index is 0.0560. The molecule has 4 nitrogen and oxygen atoms in total. The van der Waals surface area contributed by atoms with Gasteiger partial charge in [-0.15, -0.1) is 0 Å². The molecule has 1 atom stereocenters. The van der Waals surface area contributed by atoms with Gasteiger partial charge in [-0.2, -0.15) is 4.89 Å². The van der Waals surface area contributed by atoms with Crippen molar-refractivity contribution in [3.05, 3.63) is 29.8 Å². The summed E-state index contributed by atoms with van der Waals surface area (Å²) >= 11 is 0. The zero-order chi connectivity index (χ0) is 17.4. The highest BCUT2D eigenvalue weighted by molar-refractivity contribution is 5.35. The number of rotatable bonds is 2. The molecule has 1 spiro atoms. The first-order chi connectivity index (χ1) is 11.8. The summed E-state index contributed by atoms with van der Waals surface area (Å²) in [6.45, 7) is 0. The summed E-state index contributed by atoms with van der Waals surface area (Å²) in [6, 6.07) is 6.51. The van der Waals surface area contributed by atoms with Crippen molar-refractivity contribution in [3.63, 3.8) is 0 Å². The van der Waals surface area contributed by atoms with Crippen molar-refractivity contribution in [1.82, 2.24) is 0 Å². The Morgan fingerprint density at radius 2 is 1.86 bits per heavy atom. The predicted octanol–water partition coefficient (Wildman–Crippen LogP) is 3.35. The molecule has 1 N–H and O–H groups in total. The van der Waals surface area contributed by atoms with Crippen LogP contribution in [0.15, 0.2) is 24.3 Å². The maximum Gasteiger partial charge on any atom is 0.260 e. The Morgan fingerprint density at radius 1 is 1.14 bits per heavy atom. The van der Waals surface area contributed by atoms with E-state index in [1.165, 1.54) is 12.5 Å². The SMILES string of the molecule is [2H]C([2H])([2H])OC1(c2cccc(O)c2)OOC12C1CC3CC(C1)CC2C3. The van der Waals surface area contributed by atoms with Gasteiger partial charge in [0.05, 0.1) is 4.11 Å². The van der Waals surface area contributed by atoms with Crippen molar-refractivity contribution in [2.45, 2.75) is 43.5 Å². The van der Waals surface area contributed by atoms with Gasteiger partial charge in [0.2, 0.25) is 0 Å². The highest BCUT2D eigenvalue weighted by atomic mass is 17.3. The Hall–Kier alpha value is -1.10. The molecule has 1 aromatic carbocycles. The second-order valence-electron chi connectivity index (χ2n) is 7.53. The standard InChI is InChI=1S/C18H22O4/c1-20-18(13-3-2-4-16(19)10-13)17(21-22-18)14-6-11-5-12(8-14)9-15(17)7-11/h2-4,10-12,14-15,19H,5-9H2,1H3/i1D3. The van der Waals surface area contributed by atoms with Crippen LogP contribution in [0.25, 0.3) is 0 Å². The maximum absolute atomic E-state index is 9.94. The molecule has 5 aliphatic rings. The zero-order valence-corrected chi connectivity index (χ0v) is 12.3. The molecule has 0 amide bonds. The average Bonchev–Trinajstić information content (AvgIpc) is 2.50. The highest BCUT2D eigenvalue weighted by Gasteiger charge is 2.76. The first kappa shape index (κ1) is 10.6. The van der Waals surface area contributed by atoms with Crippen LogP contribution >= 0.6 is 0 Å². The zero-order valence-electron chi connectivity index (χ0n) is 15.3. The van der Waals surface area contributed by atoms with Crippen molar-refractivity contribution in [2.24, 2.45) is 23.7 Å². The fourth-order valence-electron chi connectivity index (χ4n) is 5.91. The molecule has 1 heterocycles. The summed E-state index contributed by atoms with van der Waals surface area (Å²) in [5, 5.41) is 9.94. The first-order valence-corrected chi connectivity index (χ1v) is 8.19. The molecule has 4 saturated carbocycles. The van der Waals surface area contributed by atoms with Crippen molar-refractivity contribution in [2.75, 3.05) is 7.04 Å². The van der Waals surface area contributed by atoms with Crippen LogP contribution in [0.3, 0.4) is 0 Å². The lowest BCUT2D eigenvalue weighted by molar-refractivity contribution is -0.645. The third kappa shape index (κ3) is 1.39. The molecule has 0 radical (unpaired) electrons. The Bertz CT molecular complexity index is 676. The van der Waals surface area contributed by atoms with Gasteiger partial charge in [-0.25, -0.2) is 4.89 Å². The summed E-state index contributed by atoms with van der Waals surface area (Å²) < 4.78 is 28.7. The number of benzene rings is 1. The molecule has 0 aromatic heterocycles. The van der Waals surface area contributed by atoms with Crippen LogP contribution in [0.1, 0.15) is 41.8 Å². The van der Waals surface area contributed by atoms with E-state index in [0.29, 0.717) is 17.4 Å². The number of phenols is 1. The van der Waals surface area contributed by atoms with E-state index in [0.717, 1.165) is 25.7 Å². The topological polar surface area (TPSA) is 47.9 Å². The number of methoxy groups -OCH3 is 1. The van der Waals surface area contributed by atoms with Crippen molar-refractivity contribution >= 4 is 0 Å². The lowest BCUT2D eigenvalue weighted by Crippen LogP contribution is -2.76. The van der Waals surface area contributed by atoms with Gasteiger partial charge >= 0.3 is 0 Å². The highest BCUT2D eigenvalue weighted by Crippen LogP contribution is 2.69. The molecule has 1 aliphatic heterocycles. The Kier molecular flexibility index (Phi) is 2.05. The number of hydrogen-bond acceptors (Lipinski definition) is 4. The molecule has 22 heavy (non-hydrogen) atoms. The van der Waals surface area contributed by atoms with Gasteiger partial charge in [-0.3, -0.25) is 0 Å². The van der Waals surface area contributed by atoms with Crippen molar-refractivity contribution in [3.8, 4) is 5.75 Å². The molecule has 1 unspecified atom stereocenters. The second kappa shape index (κ2) is 4.25. The number of ether oxygens (including phenoxy) is 1. The molecule has 1 aromatic rings. The summed E-state index contributed by atoms with van der Waals surface area (Å²) in [5.74, 6) is 0.420. The minimum Gasteiger partial charge on any atom is -0.508 e. The van der Waals surface area contributed by atoms with E-state index in [9.17, 15) is 5.11 Å². The normalized spacial score (nSPS) is 51.2. The monoisotopic (exact) mass is 305 g/mol. The summed E-state index contributed by atoms with van der Waals surface area (Å²) in [7, 11) is -2.63. The predicted molar refractivity (Wildman–Crippen MR) is 78.7 cm³/mol. The van der Waals surface area contributed by atoms with E-state index in [-0.39, 0.29) is 17.6 Å². The number of aromatic hydroxyl groups is 1. The van der Waals surface area contributed by atoms with Gasteiger partial charge in [0.25, 0.3) is 5.79 Å². The van der Waals surface area contributed by atoms with Gasteiger partial charge in [0, 0.05) is 12.6 Å². The van der Waals surface area contributed by atoms with Crippen molar-refractivity contribution < 1.29 is 23.7 Å². The number of phenolic OH excluding ortho intramolecular Hbond substituents is 1. The molecule has 6 rings (SSSR count). The van der Waals surface area contributed by atoms with Gasteiger partial charge in [0.1, 0.15) is 5.75 Å². The fraction of sp³-hybridized carbons (Fsp3) is 0.667. The average molecular weight is 305 g/mol. The van der Waals surface area contributed by atoms with Gasteiger partial charge in [0.15, 0.2) is 5.60 Å². The summed E-state index contributed by atoms with van der Waals surface area (Å²) in [6.07, 6.45) is 5.40. The summed E-state index contributed by atoms with van der Waals surface area (Å²) in [5.41, 5.74) is -0.259. The van der Waals surface area contributed by atoms with E-state index in [2.05, 4.69) is 0 Å².